The van der Waals surface area contributed by atoms with E-state index in [4.69, 9.17) is 4.74 Å². The van der Waals surface area contributed by atoms with Crippen LogP contribution in [0.5, 0.6) is 0 Å². The predicted octanol–water partition coefficient (Wildman–Crippen LogP) is 3.46. The lowest BCUT2D eigenvalue weighted by Gasteiger charge is -2.38. The monoisotopic (exact) mass is 358 g/mol. The zero-order valence-corrected chi connectivity index (χ0v) is 16.9. The highest BCUT2D eigenvalue weighted by molar-refractivity contribution is 7.90. The number of piperidine rings is 1. The second kappa shape index (κ2) is 7.42. The summed E-state index contributed by atoms with van der Waals surface area (Å²) in [4.78, 5) is 14.0. The van der Waals surface area contributed by atoms with E-state index >= 15 is 0 Å². The highest BCUT2D eigenvalue weighted by atomic mass is 32.2. The molecule has 0 aromatic heterocycles. The van der Waals surface area contributed by atoms with Gasteiger partial charge in [0.1, 0.15) is 10.3 Å². The quantitative estimate of drug-likeness (QED) is 0.782. The lowest BCUT2D eigenvalue weighted by molar-refractivity contribution is 0.0169. The topological polar surface area (TPSA) is 64.6 Å². The van der Waals surface area contributed by atoms with Crippen molar-refractivity contribution in [2.24, 2.45) is 11.8 Å². The van der Waals surface area contributed by atoms with Gasteiger partial charge in [-0.25, -0.2) is 4.79 Å². The second-order valence-electron chi connectivity index (χ2n) is 9.17. The Morgan fingerprint density at radius 1 is 1.08 bits per heavy atom. The molecule has 1 saturated heterocycles. The van der Waals surface area contributed by atoms with E-state index in [0.717, 1.165) is 25.9 Å². The molecule has 5 nitrogen and oxygen atoms in total. The molecule has 0 aromatic carbocycles. The van der Waals surface area contributed by atoms with Crippen molar-refractivity contribution < 1.29 is 14.1 Å². The van der Waals surface area contributed by atoms with Gasteiger partial charge in [-0.15, -0.1) is 4.72 Å². The van der Waals surface area contributed by atoms with Crippen LogP contribution in [0.3, 0.4) is 0 Å². The van der Waals surface area contributed by atoms with Crippen LogP contribution in [-0.4, -0.2) is 45.0 Å². The van der Waals surface area contributed by atoms with Crippen LogP contribution >= 0.6 is 0 Å². The Morgan fingerprint density at radius 3 is 2.00 bits per heavy atom. The summed E-state index contributed by atoms with van der Waals surface area (Å²) in [5.74, 6) is 1.14. The van der Waals surface area contributed by atoms with Crippen molar-refractivity contribution in [2.45, 2.75) is 83.6 Å². The summed E-state index contributed by atoms with van der Waals surface area (Å²) in [5.41, 5.74) is -0.449. The van der Waals surface area contributed by atoms with Gasteiger partial charge in [-0.2, -0.15) is 0 Å². The largest absolute Gasteiger partial charge is 0.598 e. The molecular formula is C18H34N2O3S. The van der Waals surface area contributed by atoms with E-state index < -0.39 is 17.0 Å². The van der Waals surface area contributed by atoms with Crippen molar-refractivity contribution in [3.05, 3.63) is 0 Å². The van der Waals surface area contributed by atoms with Gasteiger partial charge in [0.15, 0.2) is 0 Å². The Balaban J connectivity index is 1.88. The van der Waals surface area contributed by atoms with Gasteiger partial charge in [-0.3, -0.25) is 0 Å². The van der Waals surface area contributed by atoms with E-state index in [9.17, 15) is 9.35 Å². The molecule has 2 rings (SSSR count). The molecule has 0 bridgehead atoms. The smallest absolute Gasteiger partial charge is 0.410 e. The summed E-state index contributed by atoms with van der Waals surface area (Å²) in [6, 6.07) is 0.311. The van der Waals surface area contributed by atoms with Crippen LogP contribution in [0.2, 0.25) is 0 Å². The van der Waals surface area contributed by atoms with E-state index in [1.54, 1.807) is 0 Å². The third-order valence-electron chi connectivity index (χ3n) is 4.63. The number of rotatable bonds is 4. The third kappa shape index (κ3) is 5.81. The molecule has 1 amide bonds. The van der Waals surface area contributed by atoms with Crippen LogP contribution < -0.4 is 4.72 Å². The molecule has 1 unspecified atom stereocenters. The van der Waals surface area contributed by atoms with E-state index in [1.165, 1.54) is 12.8 Å². The highest BCUT2D eigenvalue weighted by Gasteiger charge is 2.42. The first-order valence-corrected chi connectivity index (χ1v) is 10.3. The van der Waals surface area contributed by atoms with Crippen molar-refractivity contribution in [1.29, 1.82) is 0 Å². The Bertz CT molecular complexity index is 433. The molecule has 0 spiro atoms. The van der Waals surface area contributed by atoms with Gasteiger partial charge >= 0.3 is 6.09 Å². The lowest BCUT2D eigenvalue weighted by atomic mass is 9.87. The van der Waals surface area contributed by atoms with E-state index in [0.29, 0.717) is 17.9 Å². The fourth-order valence-electron chi connectivity index (χ4n) is 3.10. The van der Waals surface area contributed by atoms with Gasteiger partial charge in [0, 0.05) is 24.5 Å². The summed E-state index contributed by atoms with van der Waals surface area (Å²) in [6.45, 7) is 13.2. The molecule has 24 heavy (non-hydrogen) atoms. The average molecular weight is 359 g/mol. The molecule has 0 aromatic rings. The maximum atomic E-state index is 12.5. The standard InChI is InChI=1S/C18H34N2O3S/c1-17(2,3)23-16(21)20-11-9-14(10-12-20)15(13-7-8-13)19-24(22)18(4,5)6/h13-15,19H,7-12H2,1-6H3/t15-,24?/m1/s1. The SMILES string of the molecule is CC(C)(C)OC(=O)N1CCC([C@H](N[S+]([O-])C(C)(C)C)C2CC2)CC1. The molecule has 1 saturated carbocycles. The highest BCUT2D eigenvalue weighted by Crippen LogP contribution is 2.39. The van der Waals surface area contributed by atoms with Gasteiger partial charge in [0.25, 0.3) is 0 Å². The lowest BCUT2D eigenvalue weighted by Crippen LogP contribution is -2.51. The third-order valence-corrected chi connectivity index (χ3v) is 6.23. The maximum absolute atomic E-state index is 12.5. The summed E-state index contributed by atoms with van der Waals surface area (Å²) in [5, 5.41) is 0. The minimum atomic E-state index is -1.04. The van der Waals surface area contributed by atoms with Crippen LogP contribution in [0, 0.1) is 11.8 Å². The summed E-state index contributed by atoms with van der Waals surface area (Å²) < 4.78 is 21.1. The van der Waals surface area contributed by atoms with Crippen molar-refractivity contribution >= 4 is 17.5 Å². The van der Waals surface area contributed by atoms with E-state index in [2.05, 4.69) is 4.72 Å². The molecule has 1 aliphatic heterocycles. The molecule has 1 aliphatic carbocycles. The van der Waals surface area contributed by atoms with Crippen molar-refractivity contribution in [3.8, 4) is 0 Å². The molecule has 140 valence electrons. The minimum absolute atomic E-state index is 0.213. The number of ether oxygens (including phenoxy) is 1. The summed E-state index contributed by atoms with van der Waals surface area (Å²) in [6.07, 6.45) is 4.15. The van der Waals surface area contributed by atoms with E-state index in [-0.39, 0.29) is 10.8 Å². The summed E-state index contributed by atoms with van der Waals surface area (Å²) >= 11 is -1.04. The first-order chi connectivity index (χ1) is 11.0. The first kappa shape index (κ1) is 19.9. The zero-order valence-electron chi connectivity index (χ0n) is 16.1. The van der Waals surface area contributed by atoms with Crippen molar-refractivity contribution in [3.63, 3.8) is 0 Å². The van der Waals surface area contributed by atoms with Gasteiger partial charge in [-0.1, -0.05) is 0 Å². The van der Waals surface area contributed by atoms with E-state index in [1.807, 2.05) is 46.4 Å². The second-order valence-corrected chi connectivity index (χ2v) is 11.2. The number of nitrogens with one attached hydrogen (secondary N) is 1. The van der Waals surface area contributed by atoms with Crippen LogP contribution in [0.25, 0.3) is 0 Å². The fraction of sp³-hybridized carbons (Fsp3) is 0.944. The molecule has 2 fully saturated rings. The van der Waals surface area contributed by atoms with Crippen LogP contribution in [-0.2, 0) is 16.1 Å². The number of nitrogens with zero attached hydrogens (tertiary/aromatic N) is 1. The molecule has 1 N–H and O–H groups in total. The van der Waals surface area contributed by atoms with Crippen molar-refractivity contribution in [2.75, 3.05) is 13.1 Å². The predicted molar refractivity (Wildman–Crippen MR) is 98.1 cm³/mol. The molecule has 0 radical (unpaired) electrons. The average Bonchev–Trinajstić information content (AvgIpc) is 3.26. The Hall–Kier alpha value is -0.460. The number of hydrogen-bond acceptors (Lipinski definition) is 4. The first-order valence-electron chi connectivity index (χ1n) is 9.13. The molecule has 6 heteroatoms. The number of hydrogen-bond donors (Lipinski definition) is 1. The van der Waals surface area contributed by atoms with Gasteiger partial charge in [0.05, 0.1) is 6.04 Å². The van der Waals surface area contributed by atoms with Gasteiger partial charge < -0.3 is 14.2 Å². The van der Waals surface area contributed by atoms with Crippen LogP contribution in [0.4, 0.5) is 4.79 Å². The van der Waals surface area contributed by atoms with Crippen molar-refractivity contribution in [1.82, 2.24) is 9.62 Å². The molecule has 2 aliphatic rings. The Labute approximate surface area is 150 Å². The number of amides is 1. The molecule has 1 heterocycles. The Kier molecular flexibility index (Phi) is 6.14. The number of carbonyl (C=O) groups is 1. The molecule has 2 atom stereocenters. The maximum Gasteiger partial charge on any atom is 0.410 e. The number of likely N-dealkylation sites (tertiary alicyclic amines) is 1. The Morgan fingerprint density at radius 2 is 1.58 bits per heavy atom. The molecular weight excluding hydrogens is 324 g/mol. The van der Waals surface area contributed by atoms with Crippen LogP contribution in [0.15, 0.2) is 0 Å². The fourth-order valence-corrected chi connectivity index (χ4v) is 4.09. The zero-order chi connectivity index (χ0) is 18.1. The summed E-state index contributed by atoms with van der Waals surface area (Å²) in [7, 11) is 0. The van der Waals surface area contributed by atoms with Gasteiger partial charge in [0.2, 0.25) is 0 Å². The number of carbonyl (C=O) groups excluding carboxylic acids is 1. The van der Waals surface area contributed by atoms with Gasteiger partial charge in [-0.05, 0) is 79.1 Å². The normalized spacial score (nSPS) is 23.0. The minimum Gasteiger partial charge on any atom is -0.598 e. The van der Waals surface area contributed by atoms with Crippen LogP contribution in [0.1, 0.15) is 67.2 Å².